The van der Waals surface area contributed by atoms with Crippen LogP contribution < -0.4 is 10.2 Å². The molecule has 1 N–H and O–H groups in total. The molecular weight excluding hydrogens is 301 g/mol. The molecule has 0 saturated carbocycles. The van der Waals surface area contributed by atoms with Crippen LogP contribution in [0.4, 0.5) is 15.8 Å². The van der Waals surface area contributed by atoms with Crippen molar-refractivity contribution in [3.63, 3.8) is 0 Å². The number of ether oxygens (including phenoxy) is 1. The van der Waals surface area contributed by atoms with E-state index in [1.165, 1.54) is 32.5 Å². The van der Waals surface area contributed by atoms with Gasteiger partial charge in [0.05, 0.1) is 12.7 Å². The second kappa shape index (κ2) is 6.87. The summed E-state index contributed by atoms with van der Waals surface area (Å²) in [5.74, 6) is -1.73. The lowest BCUT2D eigenvalue weighted by atomic mass is 10.1. The van der Waals surface area contributed by atoms with Gasteiger partial charge >= 0.3 is 5.97 Å². The maximum absolute atomic E-state index is 14.0. The van der Waals surface area contributed by atoms with Crippen molar-refractivity contribution in [2.24, 2.45) is 0 Å². The summed E-state index contributed by atoms with van der Waals surface area (Å²) in [5, 5.41) is 2.49. The summed E-state index contributed by atoms with van der Waals surface area (Å²) in [6.45, 7) is 0. The Morgan fingerprint density at radius 3 is 2.52 bits per heavy atom. The van der Waals surface area contributed by atoms with Crippen LogP contribution in [-0.4, -0.2) is 38.1 Å². The second-order valence-corrected chi connectivity index (χ2v) is 4.69. The first kappa shape index (κ1) is 16.4. The summed E-state index contributed by atoms with van der Waals surface area (Å²) >= 11 is 0. The third-order valence-electron chi connectivity index (χ3n) is 3.34. The van der Waals surface area contributed by atoms with E-state index in [0.29, 0.717) is 11.4 Å². The molecule has 2 aromatic rings. The fraction of sp³-hybridized carbons (Fsp3) is 0.188. The first-order valence-corrected chi connectivity index (χ1v) is 6.77. The Labute approximate surface area is 132 Å². The molecule has 0 unspecified atom stereocenters. The van der Waals surface area contributed by atoms with Gasteiger partial charge in [0.1, 0.15) is 11.5 Å². The summed E-state index contributed by atoms with van der Waals surface area (Å²) in [4.78, 5) is 28.7. The molecule has 0 atom stereocenters. The number of pyridine rings is 1. The number of esters is 1. The minimum atomic E-state index is -0.734. The average Bonchev–Trinajstić information content (AvgIpc) is 2.59. The molecule has 0 aliphatic carbocycles. The number of carbonyl (C=O) groups is 2. The third kappa shape index (κ3) is 3.45. The minimum Gasteiger partial charge on any atom is -0.465 e. The predicted molar refractivity (Wildman–Crippen MR) is 83.4 cm³/mol. The number of aromatic nitrogens is 1. The number of hydrogen-bond donors (Lipinski definition) is 1. The zero-order valence-corrected chi connectivity index (χ0v) is 13.0. The third-order valence-corrected chi connectivity index (χ3v) is 3.34. The molecule has 0 aliphatic heterocycles. The quantitative estimate of drug-likeness (QED) is 0.875. The van der Waals surface area contributed by atoms with E-state index in [2.05, 4.69) is 15.0 Å². The van der Waals surface area contributed by atoms with E-state index in [1.54, 1.807) is 30.1 Å². The lowest BCUT2D eigenvalue weighted by molar-refractivity contribution is 0.0595. The van der Waals surface area contributed by atoms with Crippen molar-refractivity contribution in [1.29, 1.82) is 0 Å². The van der Waals surface area contributed by atoms with Gasteiger partial charge in [0.25, 0.3) is 5.91 Å². The van der Waals surface area contributed by atoms with Gasteiger partial charge in [-0.1, -0.05) is 0 Å². The molecule has 1 heterocycles. The summed E-state index contributed by atoms with van der Waals surface area (Å²) < 4.78 is 18.5. The minimum absolute atomic E-state index is 0.134. The fourth-order valence-electron chi connectivity index (χ4n) is 2.02. The Bertz CT molecular complexity index is 749. The van der Waals surface area contributed by atoms with E-state index in [0.717, 1.165) is 0 Å². The number of amides is 1. The molecule has 0 bridgehead atoms. The van der Waals surface area contributed by atoms with E-state index in [4.69, 9.17) is 0 Å². The van der Waals surface area contributed by atoms with E-state index in [1.807, 2.05) is 0 Å². The first-order valence-electron chi connectivity index (χ1n) is 6.77. The topological polar surface area (TPSA) is 71.5 Å². The van der Waals surface area contributed by atoms with E-state index < -0.39 is 11.8 Å². The van der Waals surface area contributed by atoms with Crippen molar-refractivity contribution < 1.29 is 18.7 Å². The fourth-order valence-corrected chi connectivity index (χ4v) is 2.02. The summed E-state index contributed by atoms with van der Waals surface area (Å²) in [6.07, 6.45) is 1.50. The Morgan fingerprint density at radius 2 is 1.91 bits per heavy atom. The van der Waals surface area contributed by atoms with Gasteiger partial charge in [-0.3, -0.25) is 9.78 Å². The number of anilines is 2. The van der Waals surface area contributed by atoms with E-state index in [9.17, 15) is 14.0 Å². The van der Waals surface area contributed by atoms with Crippen LogP contribution in [0, 0.1) is 5.82 Å². The molecule has 0 aliphatic rings. The van der Waals surface area contributed by atoms with Gasteiger partial charge in [0.2, 0.25) is 0 Å². The standard InChI is InChI=1S/C16H16FN3O3/c1-18-15(21)14-9-11(6-7-19-14)20(2)10-4-5-12(13(17)8-10)16(22)23-3/h4-9H,1-3H3,(H,18,21). The Kier molecular flexibility index (Phi) is 4.90. The smallest absolute Gasteiger partial charge is 0.340 e. The maximum atomic E-state index is 14.0. The zero-order valence-electron chi connectivity index (χ0n) is 13.0. The van der Waals surface area contributed by atoms with Crippen LogP contribution in [0.1, 0.15) is 20.8 Å². The number of carbonyl (C=O) groups excluding carboxylic acids is 2. The highest BCUT2D eigenvalue weighted by atomic mass is 19.1. The molecule has 7 heteroatoms. The highest BCUT2D eigenvalue weighted by molar-refractivity contribution is 5.93. The largest absolute Gasteiger partial charge is 0.465 e. The lowest BCUT2D eigenvalue weighted by Gasteiger charge is -2.20. The summed E-state index contributed by atoms with van der Waals surface area (Å²) in [5.41, 5.74) is 1.29. The maximum Gasteiger partial charge on any atom is 0.340 e. The van der Waals surface area contributed by atoms with Gasteiger partial charge in [-0.25, -0.2) is 9.18 Å². The van der Waals surface area contributed by atoms with Crippen LogP contribution in [0.5, 0.6) is 0 Å². The number of rotatable bonds is 4. The van der Waals surface area contributed by atoms with Crippen LogP contribution >= 0.6 is 0 Å². The molecule has 0 radical (unpaired) electrons. The van der Waals surface area contributed by atoms with Gasteiger partial charge in [0, 0.05) is 31.7 Å². The number of hydrogen-bond acceptors (Lipinski definition) is 5. The normalized spacial score (nSPS) is 10.1. The van der Waals surface area contributed by atoms with Gasteiger partial charge in [-0.05, 0) is 30.3 Å². The monoisotopic (exact) mass is 317 g/mol. The SMILES string of the molecule is CNC(=O)c1cc(N(C)c2ccc(C(=O)OC)c(F)c2)ccn1. The predicted octanol–water partition coefficient (Wildman–Crippen LogP) is 2.13. The number of halogens is 1. The molecule has 120 valence electrons. The number of benzene rings is 1. The number of nitrogens with one attached hydrogen (secondary N) is 1. The van der Waals surface area contributed by atoms with Crippen LogP contribution in [0.2, 0.25) is 0 Å². The Morgan fingerprint density at radius 1 is 1.22 bits per heavy atom. The van der Waals surface area contributed by atoms with Crippen LogP contribution in [0.15, 0.2) is 36.5 Å². The summed E-state index contributed by atoms with van der Waals surface area (Å²) in [7, 11) is 4.43. The van der Waals surface area contributed by atoms with Crippen molar-refractivity contribution in [2.75, 3.05) is 26.1 Å². The number of methoxy groups -OCH3 is 1. The molecular formula is C16H16FN3O3. The average molecular weight is 317 g/mol. The lowest BCUT2D eigenvalue weighted by Crippen LogP contribution is -2.20. The van der Waals surface area contributed by atoms with Crippen LogP contribution in [0.3, 0.4) is 0 Å². The van der Waals surface area contributed by atoms with E-state index >= 15 is 0 Å². The molecule has 1 aromatic heterocycles. The highest BCUT2D eigenvalue weighted by Crippen LogP contribution is 2.25. The van der Waals surface area contributed by atoms with Crippen molar-refractivity contribution in [3.8, 4) is 0 Å². The van der Waals surface area contributed by atoms with Crippen molar-refractivity contribution in [2.45, 2.75) is 0 Å². The molecule has 0 spiro atoms. The molecule has 0 fully saturated rings. The zero-order chi connectivity index (χ0) is 17.0. The van der Waals surface area contributed by atoms with Gasteiger partial charge in [-0.15, -0.1) is 0 Å². The molecule has 1 aromatic carbocycles. The Balaban J connectivity index is 2.34. The molecule has 23 heavy (non-hydrogen) atoms. The highest BCUT2D eigenvalue weighted by Gasteiger charge is 2.15. The van der Waals surface area contributed by atoms with Gasteiger partial charge < -0.3 is 15.0 Å². The molecule has 2 rings (SSSR count). The van der Waals surface area contributed by atoms with Crippen molar-refractivity contribution >= 4 is 23.3 Å². The molecule has 1 amide bonds. The first-order chi connectivity index (χ1) is 11.0. The van der Waals surface area contributed by atoms with Gasteiger partial charge in [0.15, 0.2) is 0 Å². The van der Waals surface area contributed by atoms with Gasteiger partial charge in [-0.2, -0.15) is 0 Å². The molecule has 6 nitrogen and oxygen atoms in total. The summed E-state index contributed by atoms with van der Waals surface area (Å²) in [6, 6.07) is 7.46. The Hall–Kier alpha value is -2.96. The van der Waals surface area contributed by atoms with Crippen molar-refractivity contribution in [3.05, 3.63) is 53.6 Å². The van der Waals surface area contributed by atoms with Crippen LogP contribution in [0.25, 0.3) is 0 Å². The molecule has 0 saturated heterocycles. The van der Waals surface area contributed by atoms with Crippen LogP contribution in [-0.2, 0) is 4.74 Å². The van der Waals surface area contributed by atoms with E-state index in [-0.39, 0.29) is 17.2 Å². The van der Waals surface area contributed by atoms with Crippen molar-refractivity contribution in [1.82, 2.24) is 10.3 Å². The second-order valence-electron chi connectivity index (χ2n) is 4.69. The number of nitrogens with zero attached hydrogens (tertiary/aromatic N) is 2.